The van der Waals surface area contributed by atoms with Gasteiger partial charge in [-0.3, -0.25) is 0 Å². The first-order valence-corrected chi connectivity index (χ1v) is 8.40. The zero-order valence-corrected chi connectivity index (χ0v) is 15.0. The molecule has 0 spiro atoms. The first kappa shape index (κ1) is 17.9. The number of rotatable bonds is 5. The van der Waals surface area contributed by atoms with Crippen LogP contribution in [0.25, 0.3) is 0 Å². The zero-order valence-electron chi connectivity index (χ0n) is 15.0. The van der Waals surface area contributed by atoms with E-state index in [0.717, 1.165) is 12.8 Å². The van der Waals surface area contributed by atoms with Crippen molar-refractivity contribution in [3.8, 4) is 11.9 Å². The van der Waals surface area contributed by atoms with Crippen molar-refractivity contribution in [3.63, 3.8) is 0 Å². The molecule has 1 aliphatic carbocycles. The molecule has 1 aliphatic heterocycles. The molecule has 0 radical (unpaired) electrons. The average molecular weight is 344 g/mol. The summed E-state index contributed by atoms with van der Waals surface area (Å²) in [6, 6.07) is 5.36. The van der Waals surface area contributed by atoms with Gasteiger partial charge < -0.3 is 14.0 Å². The van der Waals surface area contributed by atoms with Crippen LogP contribution in [0.4, 0.5) is 4.39 Å². The van der Waals surface area contributed by atoms with E-state index in [4.69, 9.17) is 19.3 Å². The van der Waals surface area contributed by atoms with E-state index in [2.05, 4.69) is 4.98 Å². The van der Waals surface area contributed by atoms with Crippen LogP contribution in [0, 0.1) is 16.7 Å². The fourth-order valence-electron chi connectivity index (χ4n) is 2.61. The number of aromatic nitrogens is 1. The van der Waals surface area contributed by atoms with E-state index in [-0.39, 0.29) is 12.5 Å². The summed E-state index contributed by atoms with van der Waals surface area (Å²) in [5, 5.41) is 9.08. The first-order chi connectivity index (χ1) is 11.7. The fraction of sp³-hybridized carbons (Fsp3) is 0.556. The average Bonchev–Trinajstić information content (AvgIpc) is 3.27. The molecule has 1 aromatic heterocycles. The van der Waals surface area contributed by atoms with Crippen molar-refractivity contribution in [2.24, 2.45) is 5.41 Å². The Kier molecular flexibility index (Phi) is 4.38. The molecule has 2 aliphatic rings. The van der Waals surface area contributed by atoms with Gasteiger partial charge in [0, 0.05) is 11.6 Å². The minimum absolute atomic E-state index is 0.269. The number of nitrogens with zero attached hydrogens (tertiary/aromatic N) is 2. The highest BCUT2D eigenvalue weighted by atomic mass is 19.1. The summed E-state index contributed by atoms with van der Waals surface area (Å²) in [6.07, 6.45) is 4.74. The summed E-state index contributed by atoms with van der Waals surface area (Å²) in [4.78, 5) is 4.07. The van der Waals surface area contributed by atoms with Crippen molar-refractivity contribution < 1.29 is 18.4 Å². The Labute approximate surface area is 147 Å². The molecular formula is C18H22BFN2O3. The third kappa shape index (κ3) is 3.56. The summed E-state index contributed by atoms with van der Waals surface area (Å²) in [6.45, 7) is 7.83. The molecule has 0 bridgehead atoms. The third-order valence-corrected chi connectivity index (χ3v) is 5.20. The van der Waals surface area contributed by atoms with Gasteiger partial charge in [0.1, 0.15) is 17.4 Å². The van der Waals surface area contributed by atoms with E-state index < -0.39 is 29.5 Å². The highest BCUT2D eigenvalue weighted by Gasteiger charge is 2.54. The maximum atomic E-state index is 14.7. The summed E-state index contributed by atoms with van der Waals surface area (Å²) < 4.78 is 31.8. The van der Waals surface area contributed by atoms with Crippen LogP contribution in [-0.2, 0) is 9.31 Å². The van der Waals surface area contributed by atoms with Gasteiger partial charge in [0.25, 0.3) is 0 Å². The molecule has 1 aromatic rings. The predicted octanol–water partition coefficient (Wildman–Crippen LogP) is 3.60. The Morgan fingerprint density at radius 3 is 2.56 bits per heavy atom. The van der Waals surface area contributed by atoms with Gasteiger partial charge in [-0.15, -0.1) is 0 Å². The standard InChI is InChI=1S/C18H22BFN2O3/c1-16(2)17(3,4)25-19(24-16)14(20)10-18(7-8-18)12-23-15-13(11-21)6-5-9-22-15/h5-6,9-10H,7-8,12H2,1-4H3. The predicted molar refractivity (Wildman–Crippen MR) is 91.4 cm³/mol. The van der Waals surface area contributed by atoms with Gasteiger partial charge in [0.2, 0.25) is 5.88 Å². The van der Waals surface area contributed by atoms with Crippen molar-refractivity contribution in [3.05, 3.63) is 35.7 Å². The molecule has 25 heavy (non-hydrogen) atoms. The Balaban J connectivity index is 1.68. The summed E-state index contributed by atoms with van der Waals surface area (Å²) >= 11 is 0. The van der Waals surface area contributed by atoms with Crippen LogP contribution in [-0.4, -0.2) is 29.9 Å². The van der Waals surface area contributed by atoms with Crippen LogP contribution in [0.2, 0.25) is 0 Å². The van der Waals surface area contributed by atoms with Crippen LogP contribution in [0.5, 0.6) is 5.88 Å². The summed E-state index contributed by atoms with van der Waals surface area (Å²) in [7, 11) is -0.994. The van der Waals surface area contributed by atoms with Crippen LogP contribution in [0.1, 0.15) is 46.1 Å². The minimum atomic E-state index is -0.994. The van der Waals surface area contributed by atoms with Gasteiger partial charge in [0.15, 0.2) is 0 Å². The molecule has 2 fully saturated rings. The molecule has 7 heteroatoms. The number of nitriles is 1. The van der Waals surface area contributed by atoms with Crippen LogP contribution in [0.3, 0.4) is 0 Å². The molecule has 132 valence electrons. The largest absolute Gasteiger partial charge is 0.524 e. The van der Waals surface area contributed by atoms with E-state index >= 15 is 0 Å². The quantitative estimate of drug-likeness (QED) is 0.764. The van der Waals surface area contributed by atoms with E-state index in [1.165, 1.54) is 0 Å². The monoisotopic (exact) mass is 344 g/mol. The SMILES string of the molecule is CC1(C)OB(C(F)=CC2(COc3ncccc3C#N)CC2)OC1(C)C. The molecular weight excluding hydrogens is 322 g/mol. The van der Waals surface area contributed by atoms with E-state index in [9.17, 15) is 4.39 Å². The van der Waals surface area contributed by atoms with Gasteiger partial charge in [0.05, 0.1) is 17.8 Å². The Morgan fingerprint density at radius 1 is 1.36 bits per heavy atom. The fourth-order valence-corrected chi connectivity index (χ4v) is 2.61. The lowest BCUT2D eigenvalue weighted by molar-refractivity contribution is 0.00578. The highest BCUT2D eigenvalue weighted by molar-refractivity contribution is 6.53. The second kappa shape index (κ2) is 6.12. The van der Waals surface area contributed by atoms with Gasteiger partial charge in [-0.1, -0.05) is 0 Å². The third-order valence-electron chi connectivity index (χ3n) is 5.20. The molecule has 3 rings (SSSR count). The van der Waals surface area contributed by atoms with Crippen molar-refractivity contribution in [2.75, 3.05) is 6.61 Å². The molecule has 5 nitrogen and oxygen atoms in total. The smallest absolute Gasteiger partial charge is 0.476 e. The Morgan fingerprint density at radius 2 is 2.00 bits per heavy atom. The number of ether oxygens (including phenoxy) is 1. The Bertz CT molecular complexity index is 722. The lowest BCUT2D eigenvalue weighted by Crippen LogP contribution is -2.41. The number of pyridine rings is 1. The van der Waals surface area contributed by atoms with Crippen LogP contribution < -0.4 is 4.74 Å². The molecule has 0 atom stereocenters. The second-order valence-electron chi connectivity index (χ2n) is 7.74. The molecule has 1 saturated carbocycles. The van der Waals surface area contributed by atoms with Gasteiger partial charge >= 0.3 is 7.12 Å². The van der Waals surface area contributed by atoms with Crippen LogP contribution in [0.15, 0.2) is 30.1 Å². The highest BCUT2D eigenvalue weighted by Crippen LogP contribution is 2.49. The number of hydrogen-bond acceptors (Lipinski definition) is 5. The van der Waals surface area contributed by atoms with Gasteiger partial charge in [-0.25, -0.2) is 9.37 Å². The zero-order chi connectivity index (χ0) is 18.3. The second-order valence-corrected chi connectivity index (χ2v) is 7.74. The van der Waals surface area contributed by atoms with Crippen molar-refractivity contribution in [1.82, 2.24) is 4.98 Å². The molecule has 1 saturated heterocycles. The number of halogens is 1. The molecule has 0 N–H and O–H groups in total. The lowest BCUT2D eigenvalue weighted by atomic mass is 9.85. The van der Waals surface area contributed by atoms with E-state index in [1.54, 1.807) is 24.4 Å². The topological polar surface area (TPSA) is 64.4 Å². The maximum Gasteiger partial charge on any atom is 0.524 e. The van der Waals surface area contributed by atoms with Gasteiger partial charge in [-0.2, -0.15) is 5.26 Å². The normalized spacial score (nSPS) is 23.2. The van der Waals surface area contributed by atoms with E-state index in [1.807, 2.05) is 33.8 Å². The van der Waals surface area contributed by atoms with Gasteiger partial charge in [-0.05, 0) is 58.7 Å². The molecule has 0 amide bonds. The van der Waals surface area contributed by atoms with Crippen molar-refractivity contribution >= 4 is 7.12 Å². The maximum absolute atomic E-state index is 14.7. The van der Waals surface area contributed by atoms with Crippen molar-refractivity contribution in [2.45, 2.75) is 51.7 Å². The summed E-state index contributed by atoms with van der Waals surface area (Å²) in [5.41, 5.74) is -1.61. The molecule has 0 aromatic carbocycles. The molecule has 2 heterocycles. The number of hydrogen-bond donors (Lipinski definition) is 0. The minimum Gasteiger partial charge on any atom is -0.476 e. The van der Waals surface area contributed by atoms with Crippen LogP contribution >= 0.6 is 0 Å². The summed E-state index contributed by atoms with van der Waals surface area (Å²) in [5.74, 6) is 0.278. The lowest BCUT2D eigenvalue weighted by Gasteiger charge is -2.32. The van der Waals surface area contributed by atoms with Crippen molar-refractivity contribution in [1.29, 1.82) is 5.26 Å². The molecule has 0 unspecified atom stereocenters. The Hall–Kier alpha value is -1.91. The van der Waals surface area contributed by atoms with E-state index in [0.29, 0.717) is 5.56 Å². The first-order valence-electron chi connectivity index (χ1n) is 8.40.